The van der Waals surface area contributed by atoms with Gasteiger partial charge in [0.2, 0.25) is 0 Å². The summed E-state index contributed by atoms with van der Waals surface area (Å²) in [6, 6.07) is 9.46. The third-order valence-electron chi connectivity index (χ3n) is 13.3. The molecule has 9 aliphatic rings. The lowest BCUT2D eigenvalue weighted by molar-refractivity contribution is 0.330. The van der Waals surface area contributed by atoms with Gasteiger partial charge in [0.15, 0.2) is 0 Å². The summed E-state index contributed by atoms with van der Waals surface area (Å²) < 4.78 is 0. The summed E-state index contributed by atoms with van der Waals surface area (Å²) in [6.07, 6.45) is 52.9. The van der Waals surface area contributed by atoms with Crippen LogP contribution in [0.1, 0.15) is 77.0 Å². The Balaban J connectivity index is 1.03. The molecule has 0 spiro atoms. The van der Waals surface area contributed by atoms with Crippen molar-refractivity contribution in [2.45, 2.75) is 77.0 Å². The van der Waals surface area contributed by atoms with Gasteiger partial charge in [-0.15, -0.1) is 0 Å². The van der Waals surface area contributed by atoms with E-state index in [9.17, 15) is 0 Å². The van der Waals surface area contributed by atoms with Gasteiger partial charge in [-0.2, -0.15) is 0 Å². The Morgan fingerprint density at radius 2 is 1.26 bits per heavy atom. The van der Waals surface area contributed by atoms with E-state index >= 15 is 0 Å². The number of hydrogen-bond donors (Lipinski definition) is 0. The van der Waals surface area contributed by atoms with Crippen molar-refractivity contribution in [3.8, 4) is 0 Å². The van der Waals surface area contributed by atoms with Gasteiger partial charge in [-0.25, -0.2) is 0 Å². The molecular formula is C50H48. The second kappa shape index (κ2) is 12.7. The van der Waals surface area contributed by atoms with E-state index in [0.29, 0.717) is 17.8 Å². The Morgan fingerprint density at radius 1 is 0.540 bits per heavy atom. The van der Waals surface area contributed by atoms with Gasteiger partial charge in [0.25, 0.3) is 0 Å². The largest absolute Gasteiger partial charge is 0.0842 e. The summed E-state index contributed by atoms with van der Waals surface area (Å²) in [5, 5.41) is 2.97. The SMILES string of the molecule is C1=CCCC(C2=CC=C(C=CC3=CC=C(C4=c5ccccc5=C(C5=C6CCC7CCC=C8C=CC(=C6C87)CC5)C5C=CC=CC45)CC3)CC2)=C1. The highest BCUT2D eigenvalue weighted by atomic mass is 14.5. The minimum atomic E-state index is 0.390. The molecule has 0 N–H and O–H groups in total. The van der Waals surface area contributed by atoms with Crippen molar-refractivity contribution in [1.29, 1.82) is 0 Å². The molecule has 0 nitrogen and oxygen atoms in total. The van der Waals surface area contributed by atoms with E-state index in [1.807, 2.05) is 0 Å². The van der Waals surface area contributed by atoms with E-state index in [0.717, 1.165) is 31.6 Å². The van der Waals surface area contributed by atoms with Gasteiger partial charge in [0, 0.05) is 17.8 Å². The number of allylic oxidation sites excluding steroid dienone is 26. The number of hydrogen-bond acceptors (Lipinski definition) is 0. The van der Waals surface area contributed by atoms with Gasteiger partial charge in [0.05, 0.1) is 0 Å². The molecule has 9 aliphatic carbocycles. The smallest absolute Gasteiger partial charge is 0.0134 e. The number of fused-ring (bicyclic) bond motifs is 2. The van der Waals surface area contributed by atoms with Crippen molar-refractivity contribution in [3.05, 3.63) is 188 Å². The van der Waals surface area contributed by atoms with E-state index in [1.54, 1.807) is 39.0 Å². The Hall–Kier alpha value is -4.42. The molecule has 0 heteroatoms. The highest BCUT2D eigenvalue weighted by molar-refractivity contribution is 5.82. The monoisotopic (exact) mass is 648 g/mol. The third kappa shape index (κ3) is 5.17. The third-order valence-corrected chi connectivity index (χ3v) is 13.3. The number of rotatable bonds is 5. The zero-order chi connectivity index (χ0) is 33.0. The minimum Gasteiger partial charge on any atom is -0.0842 e. The van der Waals surface area contributed by atoms with Crippen LogP contribution in [0, 0.1) is 23.7 Å². The lowest BCUT2D eigenvalue weighted by Gasteiger charge is -2.45. The topological polar surface area (TPSA) is 0 Å². The summed E-state index contributed by atoms with van der Waals surface area (Å²) >= 11 is 0. The maximum atomic E-state index is 2.55. The predicted octanol–water partition coefficient (Wildman–Crippen LogP) is 11.2. The molecule has 10 rings (SSSR count). The molecule has 0 heterocycles. The number of benzene rings is 1. The van der Waals surface area contributed by atoms with Gasteiger partial charge < -0.3 is 0 Å². The molecule has 1 saturated carbocycles. The Labute approximate surface area is 298 Å². The van der Waals surface area contributed by atoms with Crippen LogP contribution < -0.4 is 10.4 Å². The minimum absolute atomic E-state index is 0.390. The lowest BCUT2D eigenvalue weighted by atomic mass is 9.59. The van der Waals surface area contributed by atoms with Crippen LogP contribution in [-0.2, 0) is 0 Å². The summed E-state index contributed by atoms with van der Waals surface area (Å²) in [7, 11) is 0. The lowest BCUT2D eigenvalue weighted by Crippen LogP contribution is -2.41. The zero-order valence-corrected chi connectivity index (χ0v) is 29.3. The first-order chi connectivity index (χ1) is 24.8. The van der Waals surface area contributed by atoms with Crippen LogP contribution in [0.5, 0.6) is 0 Å². The molecule has 248 valence electrons. The summed E-state index contributed by atoms with van der Waals surface area (Å²) in [5.74, 6) is 2.26. The van der Waals surface area contributed by atoms with Gasteiger partial charge >= 0.3 is 0 Å². The van der Waals surface area contributed by atoms with Crippen LogP contribution in [-0.4, -0.2) is 0 Å². The molecule has 0 saturated heterocycles. The summed E-state index contributed by atoms with van der Waals surface area (Å²) in [5.41, 5.74) is 19.1. The standard InChI is InChI=1S/C50H48/c1-2-9-35(10-3-1)36-23-19-33(20-24-36)17-18-34-21-25-39(26-22-34)48-41-13-4-6-15-43(41)50(44-16-7-5-14-42(44)48)46-32-30-40-28-27-37-11-8-12-38-29-31-45(46)49(40)47(37)38/h1-2,4-7,9,11,13-19,21,23,25,27-28,38,41,43,47H,3,8,10,12,20,22,24,26,29-32H2. The molecule has 4 unspecified atom stereocenters. The van der Waals surface area contributed by atoms with Crippen LogP contribution in [0.25, 0.3) is 11.1 Å². The molecule has 0 bridgehead atoms. The first kappa shape index (κ1) is 30.4. The van der Waals surface area contributed by atoms with Gasteiger partial charge in [0.1, 0.15) is 0 Å². The molecule has 4 atom stereocenters. The summed E-state index contributed by atoms with van der Waals surface area (Å²) in [6.45, 7) is 0. The fraction of sp³-hybridized carbons (Fsp3) is 0.320. The van der Waals surface area contributed by atoms with Crippen LogP contribution in [0.15, 0.2) is 177 Å². The van der Waals surface area contributed by atoms with Crippen molar-refractivity contribution in [2.75, 3.05) is 0 Å². The first-order valence-corrected chi connectivity index (χ1v) is 19.7. The van der Waals surface area contributed by atoms with Gasteiger partial charge in [-0.3, -0.25) is 0 Å². The molecule has 1 aromatic carbocycles. The fourth-order valence-electron chi connectivity index (χ4n) is 10.9. The van der Waals surface area contributed by atoms with Crippen molar-refractivity contribution < 1.29 is 0 Å². The second-order valence-electron chi connectivity index (χ2n) is 15.8. The molecule has 1 fully saturated rings. The molecule has 0 radical (unpaired) electrons. The molecule has 50 heavy (non-hydrogen) atoms. The van der Waals surface area contributed by atoms with Crippen LogP contribution >= 0.6 is 0 Å². The van der Waals surface area contributed by atoms with Crippen molar-refractivity contribution in [1.82, 2.24) is 0 Å². The predicted molar refractivity (Wildman–Crippen MR) is 210 cm³/mol. The average Bonchev–Trinajstić information content (AvgIpc) is 3.19. The maximum Gasteiger partial charge on any atom is 0.0134 e. The quantitative estimate of drug-likeness (QED) is 0.298. The van der Waals surface area contributed by atoms with E-state index < -0.39 is 0 Å². The second-order valence-corrected chi connectivity index (χ2v) is 15.8. The van der Waals surface area contributed by atoms with E-state index in [-0.39, 0.29) is 0 Å². The normalized spacial score (nSPS) is 29.5. The van der Waals surface area contributed by atoms with Crippen LogP contribution in [0.4, 0.5) is 0 Å². The Bertz CT molecular complexity index is 2210. The molecule has 0 amide bonds. The fourth-order valence-corrected chi connectivity index (χ4v) is 10.9. The van der Waals surface area contributed by atoms with Crippen molar-refractivity contribution in [3.63, 3.8) is 0 Å². The van der Waals surface area contributed by atoms with Crippen molar-refractivity contribution >= 4 is 11.1 Å². The van der Waals surface area contributed by atoms with Gasteiger partial charge in [-0.1, -0.05) is 121 Å². The van der Waals surface area contributed by atoms with Crippen molar-refractivity contribution in [2.24, 2.45) is 23.7 Å². The highest BCUT2D eigenvalue weighted by Crippen LogP contribution is 2.56. The maximum absolute atomic E-state index is 2.55. The van der Waals surface area contributed by atoms with E-state index in [4.69, 9.17) is 0 Å². The first-order valence-electron chi connectivity index (χ1n) is 19.7. The summed E-state index contributed by atoms with van der Waals surface area (Å²) in [4.78, 5) is 0. The molecular weight excluding hydrogens is 601 g/mol. The zero-order valence-electron chi connectivity index (χ0n) is 29.3. The Kier molecular flexibility index (Phi) is 7.74. The van der Waals surface area contributed by atoms with Gasteiger partial charge in [-0.05, 0) is 160 Å². The highest BCUT2D eigenvalue weighted by Gasteiger charge is 2.42. The van der Waals surface area contributed by atoms with Crippen LogP contribution in [0.2, 0.25) is 0 Å². The molecule has 1 aromatic rings. The Morgan fingerprint density at radius 3 is 2.00 bits per heavy atom. The van der Waals surface area contributed by atoms with E-state index in [1.165, 1.54) is 89.7 Å². The molecule has 0 aliphatic heterocycles. The van der Waals surface area contributed by atoms with E-state index in [2.05, 4.69) is 121 Å². The average molecular weight is 649 g/mol. The van der Waals surface area contributed by atoms with Crippen LogP contribution in [0.3, 0.4) is 0 Å². The molecule has 0 aromatic heterocycles.